The molecule has 5 heteroatoms. The van der Waals surface area contributed by atoms with Crippen molar-refractivity contribution in [3.8, 4) is 5.75 Å². The standard InChI is InChI=1S/C12H17ClN2O2/c1-7(2)6-15-11(12(14)17)8-3-4-10(16)9(13)5-8/h3-5,7,11,15-16H,6H2,1-2H3,(H2,14,17). The summed E-state index contributed by atoms with van der Waals surface area (Å²) in [6.45, 7) is 4.75. The normalized spacial score (nSPS) is 12.7. The zero-order chi connectivity index (χ0) is 13.0. The third-order valence-electron chi connectivity index (χ3n) is 2.32. The van der Waals surface area contributed by atoms with Gasteiger partial charge in [0.15, 0.2) is 0 Å². The van der Waals surface area contributed by atoms with E-state index in [1.807, 2.05) is 13.8 Å². The predicted octanol–water partition coefficient (Wildman–Crippen LogP) is 1.82. The van der Waals surface area contributed by atoms with Gasteiger partial charge in [-0.15, -0.1) is 0 Å². The fraction of sp³-hybridized carbons (Fsp3) is 0.417. The van der Waals surface area contributed by atoms with Gasteiger partial charge in [-0.2, -0.15) is 0 Å². The Morgan fingerprint density at radius 3 is 2.65 bits per heavy atom. The number of rotatable bonds is 5. The number of halogens is 1. The van der Waals surface area contributed by atoms with Crippen LogP contribution in [0, 0.1) is 5.92 Å². The number of nitrogens with one attached hydrogen (secondary N) is 1. The van der Waals surface area contributed by atoms with Crippen LogP contribution in [0.4, 0.5) is 0 Å². The third-order valence-corrected chi connectivity index (χ3v) is 2.62. The summed E-state index contributed by atoms with van der Waals surface area (Å²) in [5.74, 6) is -0.0701. The lowest BCUT2D eigenvalue weighted by Gasteiger charge is -2.17. The SMILES string of the molecule is CC(C)CNC(C(N)=O)c1ccc(O)c(Cl)c1. The number of amides is 1. The maximum atomic E-state index is 11.4. The number of carbonyl (C=O) groups excluding carboxylic acids is 1. The molecule has 0 spiro atoms. The zero-order valence-corrected chi connectivity index (χ0v) is 10.7. The first-order chi connectivity index (χ1) is 7.91. The Morgan fingerprint density at radius 2 is 2.18 bits per heavy atom. The van der Waals surface area contributed by atoms with E-state index in [1.54, 1.807) is 12.1 Å². The van der Waals surface area contributed by atoms with Gasteiger partial charge in [0.05, 0.1) is 5.02 Å². The van der Waals surface area contributed by atoms with Gasteiger partial charge in [0.1, 0.15) is 11.8 Å². The van der Waals surface area contributed by atoms with Crippen molar-refractivity contribution in [1.82, 2.24) is 5.32 Å². The largest absolute Gasteiger partial charge is 0.506 e. The number of phenolic OH excluding ortho intramolecular Hbond substituents is 1. The molecule has 0 aliphatic carbocycles. The van der Waals surface area contributed by atoms with E-state index >= 15 is 0 Å². The number of aromatic hydroxyl groups is 1. The van der Waals surface area contributed by atoms with Gasteiger partial charge in [-0.25, -0.2) is 0 Å². The molecule has 0 saturated heterocycles. The summed E-state index contributed by atoms with van der Waals surface area (Å²) in [5.41, 5.74) is 5.99. The average Bonchev–Trinajstić information content (AvgIpc) is 2.22. The van der Waals surface area contributed by atoms with Crippen molar-refractivity contribution in [2.24, 2.45) is 11.7 Å². The molecular formula is C12H17ClN2O2. The predicted molar refractivity (Wildman–Crippen MR) is 67.9 cm³/mol. The van der Waals surface area contributed by atoms with Crippen molar-refractivity contribution in [2.75, 3.05) is 6.54 Å². The number of hydrogen-bond acceptors (Lipinski definition) is 3. The van der Waals surface area contributed by atoms with E-state index in [2.05, 4.69) is 5.32 Å². The smallest absolute Gasteiger partial charge is 0.239 e. The number of nitrogens with two attached hydrogens (primary N) is 1. The Labute approximate surface area is 106 Å². The van der Waals surface area contributed by atoms with E-state index in [1.165, 1.54) is 6.07 Å². The highest BCUT2D eigenvalue weighted by Gasteiger charge is 2.18. The third kappa shape index (κ3) is 3.91. The van der Waals surface area contributed by atoms with Crippen LogP contribution in [0.3, 0.4) is 0 Å². The van der Waals surface area contributed by atoms with Crippen LogP contribution in [0.25, 0.3) is 0 Å². The molecule has 1 amide bonds. The molecule has 1 rings (SSSR count). The van der Waals surface area contributed by atoms with Gasteiger partial charge >= 0.3 is 0 Å². The van der Waals surface area contributed by atoms with Crippen LogP contribution in [0.5, 0.6) is 5.75 Å². The van der Waals surface area contributed by atoms with E-state index in [0.29, 0.717) is 18.0 Å². The summed E-state index contributed by atoms with van der Waals surface area (Å²) >= 11 is 5.80. The van der Waals surface area contributed by atoms with Crippen molar-refractivity contribution in [3.63, 3.8) is 0 Å². The Balaban J connectivity index is 2.89. The monoisotopic (exact) mass is 256 g/mol. The van der Waals surface area contributed by atoms with E-state index in [9.17, 15) is 9.90 Å². The minimum absolute atomic E-state index is 0.0116. The molecule has 0 heterocycles. The summed E-state index contributed by atoms with van der Waals surface area (Å²) in [7, 11) is 0. The molecule has 0 aliphatic rings. The lowest BCUT2D eigenvalue weighted by molar-refractivity contribution is -0.120. The van der Waals surface area contributed by atoms with Crippen molar-refractivity contribution >= 4 is 17.5 Å². The summed E-state index contributed by atoms with van der Waals surface area (Å²) in [6, 6.07) is 4.03. The molecule has 4 N–H and O–H groups in total. The number of phenols is 1. The van der Waals surface area contributed by atoms with Gasteiger partial charge in [-0.05, 0) is 30.2 Å². The van der Waals surface area contributed by atoms with Crippen LogP contribution in [0.2, 0.25) is 5.02 Å². The fourth-order valence-corrected chi connectivity index (χ4v) is 1.63. The van der Waals surface area contributed by atoms with Gasteiger partial charge in [-0.3, -0.25) is 4.79 Å². The van der Waals surface area contributed by atoms with E-state index in [0.717, 1.165) is 0 Å². The van der Waals surface area contributed by atoms with E-state index in [4.69, 9.17) is 17.3 Å². The lowest BCUT2D eigenvalue weighted by atomic mass is 10.1. The Hall–Kier alpha value is -1.26. The van der Waals surface area contributed by atoms with Crippen LogP contribution < -0.4 is 11.1 Å². The second-order valence-corrected chi connectivity index (χ2v) is 4.76. The van der Waals surface area contributed by atoms with Gasteiger partial charge in [0, 0.05) is 0 Å². The Kier molecular flexibility index (Phi) is 4.78. The van der Waals surface area contributed by atoms with Gasteiger partial charge in [-0.1, -0.05) is 31.5 Å². The quantitative estimate of drug-likeness (QED) is 0.752. The first kappa shape index (κ1) is 13.8. The van der Waals surface area contributed by atoms with Crippen LogP contribution in [0.1, 0.15) is 25.5 Å². The first-order valence-corrected chi connectivity index (χ1v) is 5.80. The number of carbonyl (C=O) groups is 1. The van der Waals surface area contributed by atoms with Crippen LogP contribution in [-0.4, -0.2) is 17.6 Å². The summed E-state index contributed by atoms with van der Waals surface area (Å²) in [4.78, 5) is 11.4. The molecule has 1 aromatic carbocycles. The highest BCUT2D eigenvalue weighted by molar-refractivity contribution is 6.32. The molecule has 4 nitrogen and oxygen atoms in total. The lowest BCUT2D eigenvalue weighted by Crippen LogP contribution is -2.35. The van der Waals surface area contributed by atoms with Gasteiger partial charge < -0.3 is 16.2 Å². The molecule has 1 atom stereocenters. The second-order valence-electron chi connectivity index (χ2n) is 4.35. The molecule has 0 aromatic heterocycles. The van der Waals surface area contributed by atoms with Gasteiger partial charge in [0.2, 0.25) is 5.91 Å². The topological polar surface area (TPSA) is 75.3 Å². The van der Waals surface area contributed by atoms with Crippen LogP contribution >= 0.6 is 11.6 Å². The Bertz CT molecular complexity index is 407. The highest BCUT2D eigenvalue weighted by atomic mass is 35.5. The molecule has 0 radical (unpaired) electrons. The molecule has 0 fully saturated rings. The molecular weight excluding hydrogens is 240 g/mol. The minimum Gasteiger partial charge on any atom is -0.506 e. The highest BCUT2D eigenvalue weighted by Crippen LogP contribution is 2.26. The van der Waals surface area contributed by atoms with Crippen LogP contribution in [0.15, 0.2) is 18.2 Å². The molecule has 0 saturated carbocycles. The summed E-state index contributed by atoms with van der Waals surface area (Å²) < 4.78 is 0. The fourth-order valence-electron chi connectivity index (χ4n) is 1.44. The summed E-state index contributed by atoms with van der Waals surface area (Å²) in [6.07, 6.45) is 0. The number of primary amides is 1. The van der Waals surface area contributed by atoms with Crippen molar-refractivity contribution in [3.05, 3.63) is 28.8 Å². The van der Waals surface area contributed by atoms with Crippen molar-refractivity contribution < 1.29 is 9.90 Å². The maximum Gasteiger partial charge on any atom is 0.239 e. The molecule has 0 aliphatic heterocycles. The zero-order valence-electron chi connectivity index (χ0n) is 9.90. The minimum atomic E-state index is -0.588. The number of benzene rings is 1. The molecule has 1 aromatic rings. The second kappa shape index (κ2) is 5.89. The van der Waals surface area contributed by atoms with Crippen molar-refractivity contribution in [1.29, 1.82) is 0 Å². The van der Waals surface area contributed by atoms with Gasteiger partial charge in [0.25, 0.3) is 0 Å². The molecule has 17 heavy (non-hydrogen) atoms. The van der Waals surface area contributed by atoms with Crippen molar-refractivity contribution in [2.45, 2.75) is 19.9 Å². The summed E-state index contributed by atoms with van der Waals surface area (Å²) in [5, 5.41) is 12.6. The first-order valence-electron chi connectivity index (χ1n) is 5.43. The molecule has 1 unspecified atom stereocenters. The van der Waals surface area contributed by atoms with E-state index in [-0.39, 0.29) is 10.8 Å². The maximum absolute atomic E-state index is 11.4. The molecule has 94 valence electrons. The van der Waals surface area contributed by atoms with E-state index < -0.39 is 11.9 Å². The molecule has 0 bridgehead atoms. The average molecular weight is 257 g/mol. The Morgan fingerprint density at radius 1 is 1.53 bits per heavy atom. The number of hydrogen-bond donors (Lipinski definition) is 3. The van der Waals surface area contributed by atoms with Crippen LogP contribution in [-0.2, 0) is 4.79 Å².